The molecule has 1 aliphatic heterocycles. The molecule has 3 aromatic rings. The molecule has 1 atom stereocenters. The third kappa shape index (κ3) is 4.35. The first-order valence-corrected chi connectivity index (χ1v) is 9.90. The largest absolute Gasteiger partial charge is 0.364 e. The van der Waals surface area contributed by atoms with Crippen molar-refractivity contribution in [2.24, 2.45) is 11.7 Å². The molecule has 1 aliphatic rings. The molecular weight excluding hydrogens is 401 g/mol. The third-order valence-electron chi connectivity index (χ3n) is 5.33. The van der Waals surface area contributed by atoms with Crippen molar-refractivity contribution in [1.82, 2.24) is 24.3 Å². The minimum Gasteiger partial charge on any atom is -0.364 e. The van der Waals surface area contributed by atoms with E-state index in [9.17, 15) is 14.0 Å². The molecule has 2 amide bonds. The van der Waals surface area contributed by atoms with Crippen molar-refractivity contribution in [2.45, 2.75) is 25.7 Å². The van der Waals surface area contributed by atoms with Crippen LogP contribution in [0.2, 0.25) is 0 Å². The summed E-state index contributed by atoms with van der Waals surface area (Å²) in [6.45, 7) is 1.15. The molecule has 0 aliphatic carbocycles. The molecule has 0 aromatic carbocycles. The number of amides is 2. The van der Waals surface area contributed by atoms with Gasteiger partial charge in [-0.1, -0.05) is 0 Å². The Morgan fingerprint density at radius 1 is 1.32 bits per heavy atom. The predicted octanol–water partition coefficient (Wildman–Crippen LogP) is 1.72. The van der Waals surface area contributed by atoms with E-state index < -0.39 is 11.7 Å². The minimum absolute atomic E-state index is 0.0552. The van der Waals surface area contributed by atoms with Gasteiger partial charge >= 0.3 is 0 Å². The van der Waals surface area contributed by atoms with Crippen LogP contribution < -0.4 is 5.73 Å². The molecule has 1 saturated heterocycles. The van der Waals surface area contributed by atoms with E-state index in [0.717, 1.165) is 12.8 Å². The molecule has 1 fully saturated rings. The second-order valence-corrected chi connectivity index (χ2v) is 7.54. The molecule has 31 heavy (non-hydrogen) atoms. The fourth-order valence-corrected chi connectivity index (χ4v) is 3.90. The number of nitrogens with two attached hydrogens (primary N) is 1. The number of imidazole rings is 1. The Morgan fingerprint density at radius 3 is 2.94 bits per heavy atom. The van der Waals surface area contributed by atoms with Crippen LogP contribution in [0, 0.1) is 23.1 Å². The zero-order valence-corrected chi connectivity index (χ0v) is 16.7. The summed E-state index contributed by atoms with van der Waals surface area (Å²) in [6, 6.07) is 6.28. The lowest BCUT2D eigenvalue weighted by atomic mass is 9.93. The quantitative estimate of drug-likeness (QED) is 0.668. The van der Waals surface area contributed by atoms with E-state index in [4.69, 9.17) is 11.0 Å². The Kier molecular flexibility index (Phi) is 5.58. The van der Waals surface area contributed by atoms with Crippen LogP contribution in [-0.4, -0.2) is 49.2 Å². The van der Waals surface area contributed by atoms with Crippen molar-refractivity contribution >= 4 is 17.5 Å². The monoisotopic (exact) mass is 421 g/mol. The molecule has 3 aromatic heterocycles. The topological polar surface area (TPSA) is 130 Å². The van der Waals surface area contributed by atoms with E-state index in [1.54, 1.807) is 11.0 Å². The first-order chi connectivity index (χ1) is 14.9. The Morgan fingerprint density at radius 2 is 2.16 bits per heavy atom. The summed E-state index contributed by atoms with van der Waals surface area (Å²) in [5.41, 5.74) is 7.09. The fourth-order valence-electron chi connectivity index (χ4n) is 3.90. The molecule has 10 heteroatoms. The van der Waals surface area contributed by atoms with Crippen molar-refractivity contribution in [3.05, 3.63) is 47.8 Å². The summed E-state index contributed by atoms with van der Waals surface area (Å²) in [4.78, 5) is 38.7. The van der Waals surface area contributed by atoms with Gasteiger partial charge < -0.3 is 10.6 Å². The van der Waals surface area contributed by atoms with Crippen molar-refractivity contribution in [3.63, 3.8) is 0 Å². The lowest BCUT2D eigenvalue weighted by molar-refractivity contribution is -0.131. The van der Waals surface area contributed by atoms with Gasteiger partial charge in [0.05, 0.1) is 12.3 Å². The normalized spacial score (nSPS) is 16.3. The zero-order chi connectivity index (χ0) is 22.0. The van der Waals surface area contributed by atoms with E-state index in [1.807, 2.05) is 6.07 Å². The highest BCUT2D eigenvalue weighted by Gasteiger charge is 2.25. The van der Waals surface area contributed by atoms with Crippen LogP contribution in [0.15, 0.2) is 30.6 Å². The number of hydrogen-bond donors (Lipinski definition) is 1. The fraction of sp³-hybridized carbons (Fsp3) is 0.333. The summed E-state index contributed by atoms with van der Waals surface area (Å²) in [6.07, 6.45) is 4.88. The van der Waals surface area contributed by atoms with Crippen LogP contribution in [0.1, 0.15) is 35.4 Å². The number of pyridine rings is 1. The second-order valence-electron chi connectivity index (χ2n) is 7.54. The average molecular weight is 421 g/mol. The standard InChI is InChI=1S/C21H20FN7O2/c22-14-3-4-18-25-10-17(29(18)12-14)21-26-15(9-16(27-21)20(24)31)8-13-2-1-7-28(11-13)19(30)5-6-23/h3-4,9-10,12-13H,1-2,5,7-8,11H2,(H2,24,31)/t13-/m0/s1. The molecule has 0 radical (unpaired) electrons. The number of piperidine rings is 1. The van der Waals surface area contributed by atoms with E-state index in [1.165, 1.54) is 28.9 Å². The highest BCUT2D eigenvalue weighted by Crippen LogP contribution is 2.23. The van der Waals surface area contributed by atoms with Crippen LogP contribution in [-0.2, 0) is 11.2 Å². The molecule has 0 unspecified atom stereocenters. The summed E-state index contributed by atoms with van der Waals surface area (Å²) < 4.78 is 15.3. The number of carbonyl (C=O) groups excluding carboxylic acids is 2. The summed E-state index contributed by atoms with van der Waals surface area (Å²) >= 11 is 0. The first kappa shape index (κ1) is 20.4. The number of primary amides is 1. The Labute approximate surface area is 177 Å². The molecule has 0 bridgehead atoms. The smallest absolute Gasteiger partial charge is 0.267 e. The minimum atomic E-state index is -0.695. The van der Waals surface area contributed by atoms with Crippen molar-refractivity contribution < 1.29 is 14.0 Å². The molecular formula is C21H20FN7O2. The Balaban J connectivity index is 1.65. The van der Waals surface area contributed by atoms with Gasteiger partial charge in [-0.05, 0) is 43.4 Å². The summed E-state index contributed by atoms with van der Waals surface area (Å²) in [5, 5.41) is 8.78. The highest BCUT2D eigenvalue weighted by atomic mass is 19.1. The van der Waals surface area contributed by atoms with Gasteiger partial charge in [0.25, 0.3) is 5.91 Å². The number of likely N-dealkylation sites (tertiary alicyclic amines) is 1. The molecule has 2 N–H and O–H groups in total. The van der Waals surface area contributed by atoms with Crippen LogP contribution in [0.4, 0.5) is 4.39 Å². The van der Waals surface area contributed by atoms with Crippen LogP contribution >= 0.6 is 0 Å². The lowest BCUT2D eigenvalue weighted by Gasteiger charge is -2.32. The van der Waals surface area contributed by atoms with Gasteiger partial charge in [-0.3, -0.25) is 14.0 Å². The van der Waals surface area contributed by atoms with Gasteiger partial charge in [0.15, 0.2) is 5.82 Å². The number of rotatable bonds is 5. The molecule has 158 valence electrons. The number of hydrogen-bond acceptors (Lipinski definition) is 6. The van der Waals surface area contributed by atoms with E-state index >= 15 is 0 Å². The van der Waals surface area contributed by atoms with Gasteiger partial charge in [0.1, 0.15) is 29.3 Å². The van der Waals surface area contributed by atoms with Gasteiger partial charge in [-0.2, -0.15) is 5.26 Å². The maximum atomic E-state index is 13.7. The van der Waals surface area contributed by atoms with Crippen LogP contribution in [0.25, 0.3) is 17.2 Å². The van der Waals surface area contributed by atoms with E-state index in [0.29, 0.717) is 36.5 Å². The van der Waals surface area contributed by atoms with E-state index in [-0.39, 0.29) is 29.8 Å². The van der Waals surface area contributed by atoms with Crippen molar-refractivity contribution in [2.75, 3.05) is 13.1 Å². The van der Waals surface area contributed by atoms with Gasteiger partial charge in [0, 0.05) is 25.0 Å². The molecule has 0 spiro atoms. The van der Waals surface area contributed by atoms with Gasteiger partial charge in [0.2, 0.25) is 5.91 Å². The molecule has 4 rings (SSSR count). The third-order valence-corrected chi connectivity index (χ3v) is 5.33. The number of nitriles is 1. The number of fused-ring (bicyclic) bond motifs is 1. The number of nitrogens with zero attached hydrogens (tertiary/aromatic N) is 6. The lowest BCUT2D eigenvalue weighted by Crippen LogP contribution is -2.40. The van der Waals surface area contributed by atoms with Crippen LogP contribution in [0.5, 0.6) is 0 Å². The maximum Gasteiger partial charge on any atom is 0.267 e. The van der Waals surface area contributed by atoms with Crippen LogP contribution in [0.3, 0.4) is 0 Å². The second kappa shape index (κ2) is 8.47. The Bertz CT molecular complexity index is 1200. The SMILES string of the molecule is N#CCC(=O)N1CCC[C@@H](Cc2cc(C(N)=O)nc(-c3cnc4ccc(F)cn34)n2)C1. The predicted molar refractivity (Wildman–Crippen MR) is 108 cm³/mol. The van der Waals surface area contributed by atoms with Crippen molar-refractivity contribution in [3.8, 4) is 17.6 Å². The number of aromatic nitrogens is 4. The maximum absolute atomic E-state index is 13.7. The highest BCUT2D eigenvalue weighted by molar-refractivity contribution is 5.91. The number of carbonyl (C=O) groups is 2. The molecule has 9 nitrogen and oxygen atoms in total. The molecule has 4 heterocycles. The molecule has 0 saturated carbocycles. The van der Waals surface area contributed by atoms with Gasteiger partial charge in [-0.25, -0.2) is 19.3 Å². The average Bonchev–Trinajstić information content (AvgIpc) is 3.17. The number of halogens is 1. The van der Waals surface area contributed by atoms with Crippen molar-refractivity contribution in [1.29, 1.82) is 5.26 Å². The summed E-state index contributed by atoms with van der Waals surface area (Å²) in [7, 11) is 0. The summed E-state index contributed by atoms with van der Waals surface area (Å²) in [5.74, 6) is -0.972. The Hall–Kier alpha value is -3.87. The van der Waals surface area contributed by atoms with E-state index in [2.05, 4.69) is 15.0 Å². The first-order valence-electron chi connectivity index (χ1n) is 9.90. The van der Waals surface area contributed by atoms with Gasteiger partial charge in [-0.15, -0.1) is 0 Å². The zero-order valence-electron chi connectivity index (χ0n) is 16.7.